The van der Waals surface area contributed by atoms with E-state index >= 15 is 0 Å². The molecule has 0 bridgehead atoms. The summed E-state index contributed by atoms with van der Waals surface area (Å²) in [5, 5.41) is 0. The van der Waals surface area contributed by atoms with Crippen molar-refractivity contribution in [2.75, 3.05) is 0 Å². The molecule has 26 heavy (non-hydrogen) atoms. The number of esters is 1. The van der Waals surface area contributed by atoms with Crippen LogP contribution in [0.5, 0.6) is 5.75 Å². The minimum absolute atomic E-state index is 0.0122. The van der Waals surface area contributed by atoms with E-state index in [0.29, 0.717) is 11.7 Å². The molecule has 0 aliphatic heterocycles. The van der Waals surface area contributed by atoms with E-state index in [4.69, 9.17) is 9.47 Å². The lowest BCUT2D eigenvalue weighted by Gasteiger charge is -2.35. The third-order valence-electron chi connectivity index (χ3n) is 5.19. The zero-order valence-electron chi connectivity index (χ0n) is 16.7. The van der Waals surface area contributed by atoms with E-state index in [-0.39, 0.29) is 17.1 Å². The van der Waals surface area contributed by atoms with Gasteiger partial charge in [0, 0.05) is 6.07 Å². The normalized spacial score (nSPS) is 22.8. The number of carbonyl (C=O) groups is 1. The van der Waals surface area contributed by atoms with Crippen molar-refractivity contribution < 1.29 is 18.7 Å². The highest BCUT2D eigenvalue weighted by Gasteiger charge is 2.33. The summed E-state index contributed by atoms with van der Waals surface area (Å²) in [5.41, 5.74) is 0.581. The lowest BCUT2D eigenvalue weighted by molar-refractivity contribution is 0.00645. The van der Waals surface area contributed by atoms with Crippen molar-refractivity contribution in [2.45, 2.75) is 90.8 Å². The molecule has 1 aromatic rings. The van der Waals surface area contributed by atoms with Crippen LogP contribution in [-0.2, 0) is 4.74 Å². The summed E-state index contributed by atoms with van der Waals surface area (Å²) in [7, 11) is 0. The highest BCUT2D eigenvalue weighted by molar-refractivity contribution is 5.90. The van der Waals surface area contributed by atoms with Crippen molar-refractivity contribution in [3.63, 3.8) is 0 Å². The van der Waals surface area contributed by atoms with Crippen molar-refractivity contribution in [1.29, 1.82) is 0 Å². The van der Waals surface area contributed by atoms with Crippen LogP contribution in [-0.4, -0.2) is 17.7 Å². The highest BCUT2D eigenvalue weighted by Crippen LogP contribution is 2.46. The third-order valence-corrected chi connectivity index (χ3v) is 5.19. The molecule has 3 nitrogen and oxygen atoms in total. The van der Waals surface area contributed by atoms with E-state index in [1.54, 1.807) is 26.8 Å². The van der Waals surface area contributed by atoms with Gasteiger partial charge in [-0.05, 0) is 82.3 Å². The number of hydrogen-bond donors (Lipinski definition) is 0. The SMILES string of the molecule is CC1(C)CCCC(Oc2cc(F)c(C(=O)OC(C)(C)C)cc2C2CC2)C1. The fraction of sp³-hybridized carbons (Fsp3) is 0.682. The lowest BCUT2D eigenvalue weighted by atomic mass is 9.76. The van der Waals surface area contributed by atoms with Crippen LogP contribution in [0.25, 0.3) is 0 Å². The first-order chi connectivity index (χ1) is 12.0. The number of hydrogen-bond acceptors (Lipinski definition) is 3. The molecule has 0 spiro atoms. The average Bonchev–Trinajstić information content (AvgIpc) is 3.29. The van der Waals surface area contributed by atoms with Crippen LogP contribution in [0.15, 0.2) is 12.1 Å². The predicted molar refractivity (Wildman–Crippen MR) is 100 cm³/mol. The maximum Gasteiger partial charge on any atom is 0.341 e. The molecule has 0 aromatic heterocycles. The van der Waals surface area contributed by atoms with E-state index in [9.17, 15) is 9.18 Å². The first kappa shape index (κ1) is 19.2. The van der Waals surface area contributed by atoms with Gasteiger partial charge < -0.3 is 9.47 Å². The van der Waals surface area contributed by atoms with Crippen LogP contribution >= 0.6 is 0 Å². The molecule has 0 saturated heterocycles. The highest BCUT2D eigenvalue weighted by atomic mass is 19.1. The lowest BCUT2D eigenvalue weighted by Crippen LogP contribution is -2.30. The molecule has 3 rings (SSSR count). The van der Waals surface area contributed by atoms with E-state index < -0.39 is 17.4 Å². The van der Waals surface area contributed by atoms with Crippen LogP contribution < -0.4 is 4.74 Å². The van der Waals surface area contributed by atoms with Gasteiger partial charge in [-0.15, -0.1) is 0 Å². The van der Waals surface area contributed by atoms with Gasteiger partial charge in [-0.2, -0.15) is 0 Å². The van der Waals surface area contributed by atoms with Gasteiger partial charge in [0.25, 0.3) is 0 Å². The minimum atomic E-state index is -0.647. The van der Waals surface area contributed by atoms with E-state index in [2.05, 4.69) is 13.8 Å². The molecule has 2 saturated carbocycles. The van der Waals surface area contributed by atoms with Gasteiger partial charge in [0.1, 0.15) is 17.2 Å². The average molecular weight is 362 g/mol. The van der Waals surface area contributed by atoms with Gasteiger partial charge >= 0.3 is 5.97 Å². The Kier molecular flexibility index (Phi) is 5.06. The molecule has 4 heteroatoms. The first-order valence-corrected chi connectivity index (χ1v) is 9.77. The minimum Gasteiger partial charge on any atom is -0.490 e. The van der Waals surface area contributed by atoms with Crippen LogP contribution in [0.2, 0.25) is 0 Å². The van der Waals surface area contributed by atoms with E-state index in [1.807, 2.05) is 0 Å². The van der Waals surface area contributed by atoms with Crippen LogP contribution in [0.3, 0.4) is 0 Å². The molecule has 0 amide bonds. The molecule has 1 aromatic carbocycles. The zero-order valence-corrected chi connectivity index (χ0v) is 16.7. The molecule has 2 aliphatic rings. The van der Waals surface area contributed by atoms with E-state index in [0.717, 1.165) is 37.7 Å². The topological polar surface area (TPSA) is 35.5 Å². The van der Waals surface area contributed by atoms with Crippen molar-refractivity contribution >= 4 is 5.97 Å². The van der Waals surface area contributed by atoms with Gasteiger partial charge in [0.05, 0.1) is 11.7 Å². The maximum absolute atomic E-state index is 14.7. The first-order valence-electron chi connectivity index (χ1n) is 9.77. The molecule has 0 N–H and O–H groups in total. The Hall–Kier alpha value is -1.58. The third kappa shape index (κ3) is 4.77. The Morgan fingerprint density at radius 2 is 1.88 bits per heavy atom. The summed E-state index contributed by atoms with van der Waals surface area (Å²) in [4.78, 5) is 12.4. The van der Waals surface area contributed by atoms with Gasteiger partial charge in [-0.25, -0.2) is 9.18 Å². The van der Waals surface area contributed by atoms with Crippen molar-refractivity contribution in [3.05, 3.63) is 29.1 Å². The number of halogens is 1. The Morgan fingerprint density at radius 3 is 2.46 bits per heavy atom. The fourth-order valence-corrected chi connectivity index (χ4v) is 3.79. The summed E-state index contributed by atoms with van der Waals surface area (Å²) >= 11 is 0. The molecule has 0 radical (unpaired) electrons. The largest absolute Gasteiger partial charge is 0.490 e. The molecule has 0 heterocycles. The Morgan fingerprint density at radius 1 is 1.19 bits per heavy atom. The molecule has 2 aliphatic carbocycles. The monoisotopic (exact) mass is 362 g/mol. The van der Waals surface area contributed by atoms with Crippen molar-refractivity contribution in [2.24, 2.45) is 5.41 Å². The standard InChI is InChI=1S/C22H31FO3/c1-21(2,3)26-20(24)17-11-16(14-8-9-14)19(12-18(17)23)25-15-7-6-10-22(4,5)13-15/h11-12,14-15H,6-10,13H2,1-5H3. The van der Waals surface area contributed by atoms with Crippen LogP contribution in [0, 0.1) is 11.2 Å². The molecule has 1 unspecified atom stereocenters. The Labute approximate surface area is 156 Å². The summed E-state index contributed by atoms with van der Waals surface area (Å²) in [6, 6.07) is 3.05. The second-order valence-corrected chi connectivity index (χ2v) is 9.65. The predicted octanol–water partition coefficient (Wildman–Crippen LogP) is 6.01. The number of carbonyl (C=O) groups excluding carboxylic acids is 1. The fourth-order valence-electron chi connectivity index (χ4n) is 3.79. The van der Waals surface area contributed by atoms with Crippen molar-refractivity contribution in [1.82, 2.24) is 0 Å². The Balaban J connectivity index is 1.84. The molecular weight excluding hydrogens is 331 g/mol. The second kappa shape index (κ2) is 6.86. The van der Waals surface area contributed by atoms with E-state index in [1.165, 1.54) is 12.5 Å². The van der Waals surface area contributed by atoms with Gasteiger partial charge in [-0.1, -0.05) is 13.8 Å². The van der Waals surface area contributed by atoms with Crippen LogP contribution in [0.1, 0.15) is 95.0 Å². The summed E-state index contributed by atoms with van der Waals surface area (Å²) in [6.45, 7) is 9.87. The summed E-state index contributed by atoms with van der Waals surface area (Å²) < 4.78 is 26.3. The zero-order chi connectivity index (χ0) is 19.1. The maximum atomic E-state index is 14.7. The molecular formula is C22H31FO3. The van der Waals surface area contributed by atoms with Crippen LogP contribution in [0.4, 0.5) is 4.39 Å². The number of rotatable bonds is 4. The second-order valence-electron chi connectivity index (χ2n) is 9.65. The number of benzene rings is 1. The van der Waals surface area contributed by atoms with Gasteiger partial charge in [-0.3, -0.25) is 0 Å². The van der Waals surface area contributed by atoms with Crippen molar-refractivity contribution in [3.8, 4) is 5.75 Å². The quantitative estimate of drug-likeness (QED) is 0.616. The smallest absolute Gasteiger partial charge is 0.341 e. The molecule has 2 fully saturated rings. The summed E-state index contributed by atoms with van der Waals surface area (Å²) in [5.74, 6) is -0.195. The van der Waals surface area contributed by atoms with Gasteiger partial charge in [0.2, 0.25) is 0 Å². The molecule has 144 valence electrons. The number of ether oxygens (including phenoxy) is 2. The molecule has 1 atom stereocenters. The van der Waals surface area contributed by atoms with Gasteiger partial charge in [0.15, 0.2) is 0 Å². The Bertz CT molecular complexity index is 683. The summed E-state index contributed by atoms with van der Waals surface area (Å²) in [6.07, 6.45) is 6.55.